The highest BCUT2D eigenvalue weighted by atomic mass is 16.5. The van der Waals surface area contributed by atoms with Crippen molar-refractivity contribution in [2.24, 2.45) is 5.41 Å². The molecule has 0 unspecified atom stereocenters. The fraction of sp³-hybridized carbons (Fsp3) is 0.700. The highest BCUT2D eigenvalue weighted by Gasteiger charge is 2.50. The number of amides is 1. The van der Waals surface area contributed by atoms with Crippen LogP contribution in [-0.2, 0) is 19.1 Å². The van der Waals surface area contributed by atoms with E-state index in [0.29, 0.717) is 12.8 Å². The topological polar surface area (TPSA) is 92.7 Å². The molecule has 0 spiro atoms. The van der Waals surface area contributed by atoms with Gasteiger partial charge in [0.25, 0.3) is 0 Å². The molecule has 0 saturated heterocycles. The van der Waals surface area contributed by atoms with Gasteiger partial charge in [0, 0.05) is 6.54 Å². The van der Waals surface area contributed by atoms with E-state index in [4.69, 9.17) is 5.11 Å². The largest absolute Gasteiger partial charge is 0.481 e. The molecule has 0 aromatic rings. The van der Waals surface area contributed by atoms with Crippen molar-refractivity contribution in [1.29, 1.82) is 0 Å². The third kappa shape index (κ3) is 3.22. The van der Waals surface area contributed by atoms with Gasteiger partial charge < -0.3 is 15.2 Å². The van der Waals surface area contributed by atoms with Gasteiger partial charge in [0.1, 0.15) is 6.42 Å². The molecule has 1 amide bonds. The minimum Gasteiger partial charge on any atom is -0.481 e. The van der Waals surface area contributed by atoms with Gasteiger partial charge in [0.15, 0.2) is 0 Å². The van der Waals surface area contributed by atoms with E-state index in [9.17, 15) is 14.4 Å². The Bertz CT molecular complexity index is 308. The minimum atomic E-state index is -0.899. The summed E-state index contributed by atoms with van der Waals surface area (Å²) in [7, 11) is 0. The molecule has 6 nitrogen and oxygen atoms in total. The number of carbonyl (C=O) groups is 3. The molecular formula is C10H15NO5. The Morgan fingerprint density at radius 3 is 2.44 bits per heavy atom. The highest BCUT2D eigenvalue weighted by molar-refractivity contribution is 5.94. The number of carboxylic acid groups (broad SMARTS) is 1. The van der Waals surface area contributed by atoms with Crippen LogP contribution < -0.4 is 5.32 Å². The highest BCUT2D eigenvalue weighted by Crippen LogP contribution is 2.45. The lowest BCUT2D eigenvalue weighted by atomic mass is 10.1. The molecule has 0 atom stereocenters. The molecule has 6 heteroatoms. The molecule has 1 aliphatic carbocycles. The lowest BCUT2D eigenvalue weighted by Gasteiger charge is -2.10. The van der Waals surface area contributed by atoms with Gasteiger partial charge in [-0.25, -0.2) is 0 Å². The number of esters is 1. The SMILES string of the molecule is CCOC(=O)CC(=O)NCC1(C(=O)O)CC1. The molecule has 0 aromatic heterocycles. The second-order valence-electron chi connectivity index (χ2n) is 3.84. The zero-order valence-electron chi connectivity index (χ0n) is 9.12. The molecule has 0 aromatic carbocycles. The van der Waals surface area contributed by atoms with Crippen molar-refractivity contribution in [2.75, 3.05) is 13.2 Å². The molecule has 1 rings (SSSR count). The normalized spacial score (nSPS) is 16.3. The van der Waals surface area contributed by atoms with Gasteiger partial charge in [-0.3, -0.25) is 14.4 Å². The lowest BCUT2D eigenvalue weighted by Crippen LogP contribution is -2.35. The van der Waals surface area contributed by atoms with Crippen LogP contribution >= 0.6 is 0 Å². The van der Waals surface area contributed by atoms with Crippen molar-refractivity contribution < 1.29 is 24.2 Å². The van der Waals surface area contributed by atoms with Crippen LogP contribution in [0.4, 0.5) is 0 Å². The van der Waals surface area contributed by atoms with E-state index in [2.05, 4.69) is 10.1 Å². The van der Waals surface area contributed by atoms with Gasteiger partial charge in [-0.05, 0) is 19.8 Å². The minimum absolute atomic E-state index is 0.0839. The predicted octanol–water partition coefficient (Wildman–Crippen LogP) is -0.0794. The third-order valence-electron chi connectivity index (χ3n) is 2.54. The van der Waals surface area contributed by atoms with Crippen LogP contribution in [0.2, 0.25) is 0 Å². The second kappa shape index (κ2) is 4.96. The molecule has 1 aliphatic rings. The number of rotatable bonds is 6. The quantitative estimate of drug-likeness (QED) is 0.491. The summed E-state index contributed by atoms with van der Waals surface area (Å²) >= 11 is 0. The first kappa shape index (κ1) is 12.5. The molecule has 0 aliphatic heterocycles. The summed E-state index contributed by atoms with van der Waals surface area (Å²) in [5.41, 5.74) is -0.801. The van der Waals surface area contributed by atoms with Gasteiger partial charge in [-0.1, -0.05) is 0 Å². The summed E-state index contributed by atoms with van der Waals surface area (Å²) in [5.74, 6) is -1.99. The van der Waals surface area contributed by atoms with E-state index in [0.717, 1.165) is 0 Å². The fourth-order valence-electron chi connectivity index (χ4n) is 1.29. The maximum Gasteiger partial charge on any atom is 0.315 e. The summed E-state index contributed by atoms with van der Waals surface area (Å²) in [6.07, 6.45) is 0.785. The van der Waals surface area contributed by atoms with Crippen LogP contribution in [0.3, 0.4) is 0 Å². The Morgan fingerprint density at radius 2 is 2.00 bits per heavy atom. The Morgan fingerprint density at radius 1 is 1.38 bits per heavy atom. The maximum absolute atomic E-state index is 11.2. The number of hydrogen-bond donors (Lipinski definition) is 2. The van der Waals surface area contributed by atoms with E-state index in [1.807, 2.05) is 0 Å². The number of hydrogen-bond acceptors (Lipinski definition) is 4. The average molecular weight is 229 g/mol. The van der Waals surface area contributed by atoms with Crippen LogP contribution in [0.25, 0.3) is 0 Å². The molecule has 16 heavy (non-hydrogen) atoms. The van der Waals surface area contributed by atoms with Crippen LogP contribution in [0.15, 0.2) is 0 Å². The number of carbonyl (C=O) groups excluding carboxylic acids is 2. The Kier molecular flexibility index (Phi) is 3.87. The van der Waals surface area contributed by atoms with E-state index in [-0.39, 0.29) is 19.6 Å². The maximum atomic E-state index is 11.2. The molecular weight excluding hydrogens is 214 g/mol. The lowest BCUT2D eigenvalue weighted by molar-refractivity contribution is -0.146. The van der Waals surface area contributed by atoms with Crippen molar-refractivity contribution in [3.8, 4) is 0 Å². The Labute approximate surface area is 93.0 Å². The molecule has 1 saturated carbocycles. The molecule has 0 heterocycles. The van der Waals surface area contributed by atoms with Crippen molar-refractivity contribution in [3.05, 3.63) is 0 Å². The summed E-state index contributed by atoms with van der Waals surface area (Å²) < 4.78 is 4.59. The molecule has 1 fully saturated rings. The van der Waals surface area contributed by atoms with Crippen molar-refractivity contribution in [2.45, 2.75) is 26.2 Å². The summed E-state index contributed by atoms with van der Waals surface area (Å²) in [5, 5.41) is 11.3. The monoisotopic (exact) mass is 229 g/mol. The standard InChI is InChI=1S/C10H15NO5/c1-2-16-8(13)5-7(12)11-6-10(3-4-10)9(14)15/h2-6H2,1H3,(H,11,12)(H,14,15). The van der Waals surface area contributed by atoms with Gasteiger partial charge in [-0.2, -0.15) is 0 Å². The van der Waals surface area contributed by atoms with E-state index >= 15 is 0 Å². The van der Waals surface area contributed by atoms with Crippen molar-refractivity contribution in [1.82, 2.24) is 5.32 Å². The van der Waals surface area contributed by atoms with Gasteiger partial charge in [0.2, 0.25) is 5.91 Å². The second-order valence-corrected chi connectivity index (χ2v) is 3.84. The predicted molar refractivity (Wildman–Crippen MR) is 53.6 cm³/mol. The molecule has 90 valence electrons. The third-order valence-corrected chi connectivity index (χ3v) is 2.54. The van der Waals surface area contributed by atoms with Crippen molar-refractivity contribution >= 4 is 17.8 Å². The van der Waals surface area contributed by atoms with Crippen LogP contribution in [0, 0.1) is 5.41 Å². The van der Waals surface area contributed by atoms with Crippen LogP contribution in [0.1, 0.15) is 26.2 Å². The molecule has 2 N–H and O–H groups in total. The number of nitrogens with one attached hydrogen (secondary N) is 1. The summed E-state index contributed by atoms with van der Waals surface area (Å²) in [4.78, 5) is 32.9. The van der Waals surface area contributed by atoms with Gasteiger partial charge >= 0.3 is 11.9 Å². The first-order valence-corrected chi connectivity index (χ1v) is 5.16. The van der Waals surface area contributed by atoms with Gasteiger partial charge in [-0.15, -0.1) is 0 Å². The number of aliphatic carboxylic acids is 1. The average Bonchev–Trinajstić information content (AvgIpc) is 2.95. The Balaban J connectivity index is 2.25. The summed E-state index contributed by atoms with van der Waals surface area (Å²) in [6, 6.07) is 0. The smallest absolute Gasteiger partial charge is 0.315 e. The zero-order valence-corrected chi connectivity index (χ0v) is 9.12. The summed E-state index contributed by atoms with van der Waals surface area (Å²) in [6.45, 7) is 1.96. The first-order chi connectivity index (χ1) is 7.50. The van der Waals surface area contributed by atoms with Crippen LogP contribution in [-0.4, -0.2) is 36.1 Å². The van der Waals surface area contributed by atoms with E-state index in [1.54, 1.807) is 6.92 Å². The van der Waals surface area contributed by atoms with Crippen molar-refractivity contribution in [3.63, 3.8) is 0 Å². The van der Waals surface area contributed by atoms with Gasteiger partial charge in [0.05, 0.1) is 12.0 Å². The zero-order chi connectivity index (χ0) is 12.2. The Hall–Kier alpha value is -1.59. The van der Waals surface area contributed by atoms with Crippen LogP contribution in [0.5, 0.6) is 0 Å². The van der Waals surface area contributed by atoms with E-state index in [1.165, 1.54) is 0 Å². The first-order valence-electron chi connectivity index (χ1n) is 5.16. The molecule has 0 bridgehead atoms. The number of carboxylic acids is 1. The number of ether oxygens (including phenoxy) is 1. The van der Waals surface area contributed by atoms with E-state index < -0.39 is 23.3 Å². The fourth-order valence-corrected chi connectivity index (χ4v) is 1.29. The molecule has 0 radical (unpaired) electrons.